The molecule has 2 rings (SSSR count). The van der Waals surface area contributed by atoms with Crippen LogP contribution in [0, 0.1) is 24.0 Å². The minimum Gasteiger partial charge on any atom is -0.356 e. The summed E-state index contributed by atoms with van der Waals surface area (Å²) in [6.45, 7) is 5.78. The molecular formula is C19H27N5O2S. The van der Waals surface area contributed by atoms with Gasteiger partial charge in [-0.3, -0.25) is 15.1 Å². The number of nitro benzene ring substituents is 1. The van der Waals surface area contributed by atoms with Gasteiger partial charge in [-0.05, 0) is 38.7 Å². The minimum atomic E-state index is -0.372. The van der Waals surface area contributed by atoms with Crippen LogP contribution in [-0.4, -0.2) is 36.0 Å². The SMILES string of the molecule is CN=C(NCCCCc1ccc([N+](=O)[O-])cc1)NCCc1nc(C)c(C)s1. The van der Waals surface area contributed by atoms with Crippen molar-refractivity contribution in [3.05, 3.63) is 55.5 Å². The average Bonchev–Trinajstić information content (AvgIpc) is 2.98. The first-order valence-electron chi connectivity index (χ1n) is 9.10. The van der Waals surface area contributed by atoms with E-state index in [0.29, 0.717) is 0 Å². The van der Waals surface area contributed by atoms with Gasteiger partial charge in [-0.2, -0.15) is 0 Å². The van der Waals surface area contributed by atoms with Gasteiger partial charge in [-0.15, -0.1) is 11.3 Å². The molecule has 0 aliphatic rings. The number of thiazole rings is 1. The molecule has 1 aromatic heterocycles. The predicted molar refractivity (Wildman–Crippen MR) is 111 cm³/mol. The number of guanidine groups is 1. The van der Waals surface area contributed by atoms with E-state index in [1.165, 1.54) is 4.88 Å². The molecule has 0 aliphatic carbocycles. The number of nitrogens with zero attached hydrogens (tertiary/aromatic N) is 3. The fourth-order valence-corrected chi connectivity index (χ4v) is 3.53. The van der Waals surface area contributed by atoms with E-state index >= 15 is 0 Å². The lowest BCUT2D eigenvalue weighted by molar-refractivity contribution is -0.384. The van der Waals surface area contributed by atoms with E-state index in [4.69, 9.17) is 0 Å². The van der Waals surface area contributed by atoms with Crippen molar-refractivity contribution >= 4 is 23.0 Å². The van der Waals surface area contributed by atoms with Crippen LogP contribution in [0.2, 0.25) is 0 Å². The Bertz CT molecular complexity index is 751. The van der Waals surface area contributed by atoms with Crippen LogP contribution in [0.5, 0.6) is 0 Å². The van der Waals surface area contributed by atoms with Crippen LogP contribution in [-0.2, 0) is 12.8 Å². The molecule has 2 aromatic rings. The van der Waals surface area contributed by atoms with Gasteiger partial charge in [-0.25, -0.2) is 4.98 Å². The van der Waals surface area contributed by atoms with Gasteiger partial charge in [0.05, 0.1) is 15.6 Å². The van der Waals surface area contributed by atoms with Crippen molar-refractivity contribution in [1.29, 1.82) is 0 Å². The number of nitro groups is 1. The van der Waals surface area contributed by atoms with Gasteiger partial charge in [-0.1, -0.05) is 12.1 Å². The number of hydrogen-bond acceptors (Lipinski definition) is 5. The van der Waals surface area contributed by atoms with Gasteiger partial charge in [0.15, 0.2) is 5.96 Å². The van der Waals surface area contributed by atoms with Crippen LogP contribution in [0.3, 0.4) is 0 Å². The molecule has 2 N–H and O–H groups in total. The number of benzene rings is 1. The first-order chi connectivity index (χ1) is 13.0. The van der Waals surface area contributed by atoms with Crippen LogP contribution in [0.4, 0.5) is 5.69 Å². The Morgan fingerprint density at radius 2 is 1.85 bits per heavy atom. The summed E-state index contributed by atoms with van der Waals surface area (Å²) in [5.41, 5.74) is 2.38. The van der Waals surface area contributed by atoms with Crippen molar-refractivity contribution in [2.45, 2.75) is 39.5 Å². The lowest BCUT2D eigenvalue weighted by Crippen LogP contribution is -2.38. The molecule has 1 aromatic carbocycles. The van der Waals surface area contributed by atoms with E-state index in [-0.39, 0.29) is 10.6 Å². The zero-order chi connectivity index (χ0) is 19.6. The molecule has 1 heterocycles. The Balaban J connectivity index is 1.61. The summed E-state index contributed by atoms with van der Waals surface area (Å²) < 4.78 is 0. The van der Waals surface area contributed by atoms with E-state index < -0.39 is 0 Å². The van der Waals surface area contributed by atoms with E-state index in [1.54, 1.807) is 30.5 Å². The summed E-state index contributed by atoms with van der Waals surface area (Å²) in [6.07, 6.45) is 3.82. The minimum absolute atomic E-state index is 0.137. The number of unbranched alkanes of at least 4 members (excludes halogenated alkanes) is 1. The summed E-state index contributed by atoms with van der Waals surface area (Å²) in [6, 6.07) is 6.78. The molecule has 146 valence electrons. The van der Waals surface area contributed by atoms with Crippen molar-refractivity contribution < 1.29 is 4.92 Å². The van der Waals surface area contributed by atoms with Crippen molar-refractivity contribution in [2.75, 3.05) is 20.1 Å². The maximum absolute atomic E-state index is 10.7. The van der Waals surface area contributed by atoms with E-state index in [9.17, 15) is 10.1 Å². The monoisotopic (exact) mass is 389 g/mol. The van der Waals surface area contributed by atoms with Crippen molar-refractivity contribution in [1.82, 2.24) is 15.6 Å². The molecular weight excluding hydrogens is 362 g/mol. The summed E-state index contributed by atoms with van der Waals surface area (Å²) in [5, 5.41) is 18.4. The Morgan fingerprint density at radius 3 is 2.44 bits per heavy atom. The third-order valence-corrected chi connectivity index (χ3v) is 5.39. The molecule has 7 nitrogen and oxygen atoms in total. The molecule has 27 heavy (non-hydrogen) atoms. The second kappa shape index (κ2) is 10.6. The van der Waals surface area contributed by atoms with Crippen LogP contribution in [0.1, 0.15) is 34.0 Å². The molecule has 0 spiro atoms. The highest BCUT2D eigenvalue weighted by atomic mass is 32.1. The lowest BCUT2D eigenvalue weighted by Gasteiger charge is -2.11. The second-order valence-corrected chi connectivity index (χ2v) is 7.59. The largest absolute Gasteiger partial charge is 0.356 e. The molecule has 0 atom stereocenters. The Morgan fingerprint density at radius 1 is 1.15 bits per heavy atom. The molecule has 0 bridgehead atoms. The standard InChI is InChI=1S/C19H27N5O2S/c1-14-15(2)27-18(23-14)11-13-22-19(20-3)21-12-5-4-6-16-7-9-17(10-8-16)24(25)26/h7-10H,4-6,11-13H2,1-3H3,(H2,20,21,22). The highest BCUT2D eigenvalue weighted by Gasteiger charge is 2.05. The Hall–Kier alpha value is -2.48. The molecule has 0 aliphatic heterocycles. The maximum atomic E-state index is 10.7. The normalized spacial score (nSPS) is 11.4. The smallest absolute Gasteiger partial charge is 0.269 e. The average molecular weight is 390 g/mol. The third-order valence-electron chi connectivity index (χ3n) is 4.26. The fraction of sp³-hybridized carbons (Fsp3) is 0.474. The zero-order valence-corrected chi connectivity index (χ0v) is 16.9. The van der Waals surface area contributed by atoms with E-state index in [0.717, 1.165) is 61.0 Å². The van der Waals surface area contributed by atoms with Crippen molar-refractivity contribution in [2.24, 2.45) is 4.99 Å². The number of aryl methyl sites for hydroxylation is 3. The molecule has 8 heteroatoms. The van der Waals surface area contributed by atoms with Gasteiger partial charge < -0.3 is 10.6 Å². The number of aromatic nitrogens is 1. The highest BCUT2D eigenvalue weighted by molar-refractivity contribution is 7.11. The molecule has 0 radical (unpaired) electrons. The van der Waals surface area contributed by atoms with E-state index in [2.05, 4.69) is 27.5 Å². The zero-order valence-electron chi connectivity index (χ0n) is 16.1. The number of rotatable bonds is 9. The highest BCUT2D eigenvalue weighted by Crippen LogP contribution is 2.16. The van der Waals surface area contributed by atoms with Crippen LogP contribution in [0.15, 0.2) is 29.3 Å². The number of hydrogen-bond donors (Lipinski definition) is 2. The number of aliphatic imine (C=N–C) groups is 1. The van der Waals surface area contributed by atoms with Crippen LogP contribution in [0.25, 0.3) is 0 Å². The molecule has 0 amide bonds. The van der Waals surface area contributed by atoms with Gasteiger partial charge in [0.1, 0.15) is 0 Å². The summed E-state index contributed by atoms with van der Waals surface area (Å²) in [5.74, 6) is 0.801. The third kappa shape index (κ3) is 6.97. The van der Waals surface area contributed by atoms with Crippen molar-refractivity contribution in [3.63, 3.8) is 0 Å². The molecule has 0 saturated carbocycles. The molecule has 0 fully saturated rings. The van der Waals surface area contributed by atoms with E-state index in [1.807, 2.05) is 19.1 Å². The van der Waals surface area contributed by atoms with Crippen LogP contribution < -0.4 is 10.6 Å². The maximum Gasteiger partial charge on any atom is 0.269 e. The quantitative estimate of drug-likeness (QED) is 0.225. The Kier molecular flexibility index (Phi) is 8.19. The Labute approximate surface area is 164 Å². The van der Waals surface area contributed by atoms with Gasteiger partial charge in [0.2, 0.25) is 0 Å². The molecule has 0 saturated heterocycles. The summed E-state index contributed by atoms with van der Waals surface area (Å²) >= 11 is 1.75. The van der Waals surface area contributed by atoms with Gasteiger partial charge >= 0.3 is 0 Å². The predicted octanol–water partition coefficient (Wildman–Crippen LogP) is 3.40. The van der Waals surface area contributed by atoms with Gasteiger partial charge in [0.25, 0.3) is 5.69 Å². The van der Waals surface area contributed by atoms with Crippen LogP contribution >= 0.6 is 11.3 Å². The summed E-state index contributed by atoms with van der Waals surface area (Å²) in [7, 11) is 1.77. The topological polar surface area (TPSA) is 92.5 Å². The lowest BCUT2D eigenvalue weighted by atomic mass is 10.1. The number of nitrogens with one attached hydrogen (secondary N) is 2. The van der Waals surface area contributed by atoms with Crippen molar-refractivity contribution in [3.8, 4) is 0 Å². The first kappa shape index (κ1) is 20.8. The number of non-ortho nitro benzene ring substituents is 1. The second-order valence-electron chi connectivity index (χ2n) is 6.31. The fourth-order valence-electron chi connectivity index (χ4n) is 2.60. The molecule has 0 unspecified atom stereocenters. The first-order valence-corrected chi connectivity index (χ1v) is 9.92. The van der Waals surface area contributed by atoms with Gasteiger partial charge in [0, 0.05) is 43.6 Å². The summed E-state index contributed by atoms with van der Waals surface area (Å²) in [4.78, 5) is 20.3.